The second kappa shape index (κ2) is 3.87. The van der Waals surface area contributed by atoms with E-state index < -0.39 is 0 Å². The molecule has 0 aromatic carbocycles. The molecule has 3 nitrogen and oxygen atoms in total. The first-order valence-corrected chi connectivity index (χ1v) is 5.79. The fourth-order valence-electron chi connectivity index (χ4n) is 2.83. The highest BCUT2D eigenvalue weighted by molar-refractivity contribution is 5.88. The van der Waals surface area contributed by atoms with E-state index in [1.165, 1.54) is 0 Å². The summed E-state index contributed by atoms with van der Waals surface area (Å²) >= 11 is 0. The van der Waals surface area contributed by atoms with Gasteiger partial charge < -0.3 is 9.47 Å². The lowest BCUT2D eigenvalue weighted by molar-refractivity contribution is -0.129. The highest BCUT2D eigenvalue weighted by Gasteiger charge is 2.47. The average molecular weight is 212 g/mol. The topological polar surface area (TPSA) is 35.5 Å². The molecule has 2 rings (SSSR count). The van der Waals surface area contributed by atoms with Gasteiger partial charge in [0.15, 0.2) is 6.29 Å². The van der Waals surface area contributed by atoms with Gasteiger partial charge in [-0.25, -0.2) is 0 Å². The molecule has 1 saturated carbocycles. The van der Waals surface area contributed by atoms with E-state index in [1.807, 2.05) is 6.92 Å². The van der Waals surface area contributed by atoms with E-state index in [2.05, 4.69) is 13.8 Å². The van der Waals surface area contributed by atoms with Crippen LogP contribution in [0.1, 0.15) is 33.6 Å². The molecule has 2 fully saturated rings. The molecule has 0 spiro atoms. The normalized spacial score (nSPS) is 36.3. The van der Waals surface area contributed by atoms with E-state index in [9.17, 15) is 4.79 Å². The molecule has 2 aliphatic rings. The molecule has 1 saturated heterocycles. The molecule has 2 atom stereocenters. The fraction of sp³-hybridized carbons (Fsp3) is 0.917. The van der Waals surface area contributed by atoms with Crippen LogP contribution in [0.5, 0.6) is 0 Å². The smallest absolute Gasteiger partial charge is 0.158 e. The summed E-state index contributed by atoms with van der Waals surface area (Å²) in [7, 11) is 0. The Balaban J connectivity index is 2.00. The number of hydrogen-bond acceptors (Lipinski definition) is 3. The van der Waals surface area contributed by atoms with Gasteiger partial charge in [0.2, 0.25) is 0 Å². The molecule has 0 aromatic heterocycles. The highest BCUT2D eigenvalue weighted by Crippen LogP contribution is 2.45. The molecule has 0 unspecified atom stereocenters. The Labute approximate surface area is 91.1 Å². The molecule has 86 valence electrons. The van der Waals surface area contributed by atoms with Gasteiger partial charge in [0, 0.05) is 17.8 Å². The van der Waals surface area contributed by atoms with Crippen LogP contribution in [0.4, 0.5) is 0 Å². The van der Waals surface area contributed by atoms with Crippen molar-refractivity contribution < 1.29 is 14.3 Å². The lowest BCUT2D eigenvalue weighted by Crippen LogP contribution is -2.29. The van der Waals surface area contributed by atoms with Crippen molar-refractivity contribution in [2.75, 3.05) is 13.2 Å². The van der Waals surface area contributed by atoms with Crippen LogP contribution in [0.2, 0.25) is 0 Å². The molecular formula is C12H20O3. The predicted octanol–water partition coefficient (Wildman–Crippen LogP) is 2.00. The average Bonchev–Trinajstić information content (AvgIpc) is 2.73. The van der Waals surface area contributed by atoms with Gasteiger partial charge in [0.05, 0.1) is 13.2 Å². The number of rotatable bonds is 2. The third-order valence-electron chi connectivity index (χ3n) is 3.91. The number of ketones is 1. The summed E-state index contributed by atoms with van der Waals surface area (Å²) in [6.45, 7) is 7.53. The molecule has 1 aliphatic carbocycles. The molecule has 0 amide bonds. The Morgan fingerprint density at radius 1 is 1.33 bits per heavy atom. The van der Waals surface area contributed by atoms with Gasteiger partial charge in [-0.15, -0.1) is 0 Å². The van der Waals surface area contributed by atoms with Crippen molar-refractivity contribution in [3.63, 3.8) is 0 Å². The van der Waals surface area contributed by atoms with E-state index in [-0.39, 0.29) is 17.6 Å². The molecular weight excluding hydrogens is 192 g/mol. The maximum absolute atomic E-state index is 11.9. The van der Waals surface area contributed by atoms with E-state index in [1.54, 1.807) is 0 Å². The predicted molar refractivity (Wildman–Crippen MR) is 56.4 cm³/mol. The summed E-state index contributed by atoms with van der Waals surface area (Å²) < 4.78 is 10.9. The number of Topliss-reactive ketones (excluding diaryl/α,β-unsaturated/α-hetero) is 1. The molecule has 1 aliphatic heterocycles. The Bertz CT molecular complexity index is 254. The fourth-order valence-corrected chi connectivity index (χ4v) is 2.83. The lowest BCUT2D eigenvalue weighted by atomic mass is 9.79. The van der Waals surface area contributed by atoms with Crippen LogP contribution in [-0.4, -0.2) is 25.3 Å². The zero-order valence-electron chi connectivity index (χ0n) is 9.79. The summed E-state index contributed by atoms with van der Waals surface area (Å²) in [6, 6.07) is 0. The van der Waals surface area contributed by atoms with Gasteiger partial charge >= 0.3 is 0 Å². The monoisotopic (exact) mass is 212 g/mol. The van der Waals surface area contributed by atoms with E-state index in [0.29, 0.717) is 24.9 Å². The van der Waals surface area contributed by atoms with Gasteiger partial charge in [0.1, 0.15) is 5.78 Å². The van der Waals surface area contributed by atoms with Crippen LogP contribution in [0.3, 0.4) is 0 Å². The van der Waals surface area contributed by atoms with Gasteiger partial charge in [-0.3, -0.25) is 4.79 Å². The second-order valence-electron chi connectivity index (χ2n) is 5.33. The van der Waals surface area contributed by atoms with Crippen LogP contribution in [0.15, 0.2) is 0 Å². The quantitative estimate of drug-likeness (QED) is 0.702. The van der Waals surface area contributed by atoms with Crippen LogP contribution in [0, 0.1) is 17.3 Å². The number of ether oxygens (including phenoxy) is 2. The molecule has 3 heteroatoms. The van der Waals surface area contributed by atoms with Gasteiger partial charge in [-0.2, -0.15) is 0 Å². The van der Waals surface area contributed by atoms with E-state index in [4.69, 9.17) is 9.47 Å². The molecule has 0 N–H and O–H groups in total. The zero-order chi connectivity index (χ0) is 11.1. The van der Waals surface area contributed by atoms with Crippen molar-refractivity contribution in [2.45, 2.75) is 39.9 Å². The van der Waals surface area contributed by atoms with Crippen molar-refractivity contribution in [2.24, 2.45) is 17.3 Å². The van der Waals surface area contributed by atoms with Gasteiger partial charge in [-0.05, 0) is 12.3 Å². The minimum absolute atomic E-state index is 0.0765. The molecule has 0 aromatic rings. The molecule has 1 heterocycles. The first kappa shape index (κ1) is 11.1. The number of carbonyl (C=O) groups is 1. The highest BCUT2D eigenvalue weighted by atomic mass is 16.7. The number of hydrogen-bond donors (Lipinski definition) is 0. The zero-order valence-corrected chi connectivity index (χ0v) is 9.79. The molecule has 0 radical (unpaired) electrons. The van der Waals surface area contributed by atoms with Gasteiger partial charge in [-0.1, -0.05) is 20.8 Å². The van der Waals surface area contributed by atoms with Crippen LogP contribution < -0.4 is 0 Å². The van der Waals surface area contributed by atoms with E-state index in [0.717, 1.165) is 12.8 Å². The molecule has 0 bridgehead atoms. The van der Waals surface area contributed by atoms with Crippen LogP contribution >= 0.6 is 0 Å². The van der Waals surface area contributed by atoms with Gasteiger partial charge in [0.25, 0.3) is 0 Å². The third kappa shape index (κ3) is 1.95. The Morgan fingerprint density at radius 2 is 1.93 bits per heavy atom. The first-order valence-electron chi connectivity index (χ1n) is 5.79. The summed E-state index contributed by atoms with van der Waals surface area (Å²) in [5.41, 5.74) is -0.200. The van der Waals surface area contributed by atoms with Crippen molar-refractivity contribution in [1.29, 1.82) is 0 Å². The Morgan fingerprint density at radius 3 is 2.40 bits per heavy atom. The maximum atomic E-state index is 11.9. The Kier molecular flexibility index (Phi) is 2.86. The Hall–Kier alpha value is -0.410. The van der Waals surface area contributed by atoms with Crippen molar-refractivity contribution >= 4 is 5.78 Å². The first-order chi connectivity index (χ1) is 7.01. The summed E-state index contributed by atoms with van der Waals surface area (Å²) in [5.74, 6) is 1.000. The largest absolute Gasteiger partial charge is 0.350 e. The van der Waals surface area contributed by atoms with Crippen LogP contribution in [0.25, 0.3) is 0 Å². The minimum atomic E-state index is -0.200. The van der Waals surface area contributed by atoms with Crippen molar-refractivity contribution in [3.8, 4) is 0 Å². The second-order valence-corrected chi connectivity index (χ2v) is 5.33. The molecule has 15 heavy (non-hydrogen) atoms. The summed E-state index contributed by atoms with van der Waals surface area (Å²) in [4.78, 5) is 11.9. The lowest BCUT2D eigenvalue weighted by Gasteiger charge is -2.26. The van der Waals surface area contributed by atoms with E-state index >= 15 is 0 Å². The van der Waals surface area contributed by atoms with Crippen LogP contribution in [-0.2, 0) is 14.3 Å². The number of carbonyl (C=O) groups excluding carboxylic acids is 1. The standard InChI is InChI=1S/C12H20O3/c1-8-6-9(12(2,3)11(8)13)7-10-14-4-5-15-10/h8-10H,4-7H2,1-3H3/t8-,9-/m1/s1. The third-order valence-corrected chi connectivity index (χ3v) is 3.91. The SMILES string of the molecule is C[C@@H]1C[C@H](CC2OCCO2)C(C)(C)C1=O. The van der Waals surface area contributed by atoms with Crippen molar-refractivity contribution in [1.82, 2.24) is 0 Å². The maximum Gasteiger partial charge on any atom is 0.158 e. The summed E-state index contributed by atoms with van der Waals surface area (Å²) in [6.07, 6.45) is 1.77. The minimum Gasteiger partial charge on any atom is -0.350 e. The van der Waals surface area contributed by atoms with Crippen molar-refractivity contribution in [3.05, 3.63) is 0 Å². The summed E-state index contributed by atoms with van der Waals surface area (Å²) in [5, 5.41) is 0.